The average molecular weight is 220 g/mol. The molecule has 0 radical (unpaired) electrons. The summed E-state index contributed by atoms with van der Waals surface area (Å²) in [5.41, 5.74) is 8.04. The summed E-state index contributed by atoms with van der Waals surface area (Å²) >= 11 is 6.09. The van der Waals surface area contributed by atoms with E-state index in [9.17, 15) is 0 Å². The van der Waals surface area contributed by atoms with Crippen LogP contribution in [0.5, 0.6) is 0 Å². The molecule has 0 aliphatic carbocycles. The number of halogens is 1. The Morgan fingerprint density at radius 3 is 2.67 bits per heavy atom. The summed E-state index contributed by atoms with van der Waals surface area (Å²) in [5, 5.41) is 2.46. The molecule has 2 heteroatoms. The average Bonchev–Trinajstić information content (AvgIpc) is 2.27. The molecule has 1 atom stereocenters. The molecule has 0 saturated carbocycles. The van der Waals surface area contributed by atoms with Crippen LogP contribution in [0.2, 0.25) is 0 Å². The van der Waals surface area contributed by atoms with Crippen molar-refractivity contribution in [3.63, 3.8) is 0 Å². The van der Waals surface area contributed by atoms with Crippen molar-refractivity contribution in [2.45, 2.75) is 18.8 Å². The number of rotatable bonds is 2. The lowest BCUT2D eigenvalue weighted by molar-refractivity contribution is 1.04. The van der Waals surface area contributed by atoms with Crippen molar-refractivity contribution in [3.8, 4) is 0 Å². The van der Waals surface area contributed by atoms with Crippen LogP contribution in [0.25, 0.3) is 10.8 Å². The maximum atomic E-state index is 6.09. The molecule has 0 bridgehead atoms. The van der Waals surface area contributed by atoms with Gasteiger partial charge >= 0.3 is 0 Å². The highest BCUT2D eigenvalue weighted by atomic mass is 35.5. The summed E-state index contributed by atoms with van der Waals surface area (Å²) in [6.45, 7) is 2.53. The summed E-state index contributed by atoms with van der Waals surface area (Å²) in [4.78, 5) is 0. The summed E-state index contributed by atoms with van der Waals surface area (Å²) in [6.07, 6.45) is 0. The maximum Gasteiger partial charge on any atom is 0.0557 e. The smallest absolute Gasteiger partial charge is 0.0557 e. The van der Waals surface area contributed by atoms with Gasteiger partial charge in [0.15, 0.2) is 0 Å². The van der Waals surface area contributed by atoms with Crippen LogP contribution in [-0.4, -0.2) is 0 Å². The maximum absolute atomic E-state index is 6.09. The zero-order valence-corrected chi connectivity index (χ0v) is 9.46. The minimum Gasteiger partial charge on any atom is -0.326 e. The molecule has 0 fully saturated rings. The van der Waals surface area contributed by atoms with E-state index < -0.39 is 0 Å². The topological polar surface area (TPSA) is 26.0 Å². The Hall–Kier alpha value is -1.05. The van der Waals surface area contributed by atoms with Crippen LogP contribution in [-0.2, 0) is 6.54 Å². The fourth-order valence-electron chi connectivity index (χ4n) is 1.81. The summed E-state index contributed by atoms with van der Waals surface area (Å²) in [7, 11) is 0. The molecule has 1 nitrogen and oxygen atoms in total. The molecule has 2 N–H and O–H groups in total. The van der Waals surface area contributed by atoms with E-state index in [0.29, 0.717) is 6.54 Å². The quantitative estimate of drug-likeness (QED) is 0.768. The van der Waals surface area contributed by atoms with E-state index in [2.05, 4.69) is 24.3 Å². The van der Waals surface area contributed by atoms with Gasteiger partial charge < -0.3 is 5.73 Å². The van der Waals surface area contributed by atoms with Crippen molar-refractivity contribution in [2.75, 3.05) is 0 Å². The van der Waals surface area contributed by atoms with Crippen LogP contribution in [0.4, 0.5) is 0 Å². The zero-order chi connectivity index (χ0) is 10.8. The third-order valence-electron chi connectivity index (χ3n) is 2.65. The molecular weight excluding hydrogens is 206 g/mol. The molecule has 0 aliphatic rings. The second-order valence-electron chi connectivity index (χ2n) is 3.72. The monoisotopic (exact) mass is 219 g/mol. The first-order chi connectivity index (χ1) is 7.22. The zero-order valence-electron chi connectivity index (χ0n) is 8.70. The SMILES string of the molecule is CC(Cl)c1cc(CN)c2ccccc2c1. The minimum atomic E-state index is 0.0277. The molecule has 0 spiro atoms. The molecular formula is C13H14ClN. The Morgan fingerprint density at radius 2 is 2.00 bits per heavy atom. The molecule has 2 rings (SSSR count). The molecule has 0 amide bonds. The summed E-state index contributed by atoms with van der Waals surface area (Å²) in [5.74, 6) is 0. The van der Waals surface area contributed by atoms with Crippen molar-refractivity contribution in [3.05, 3.63) is 47.5 Å². The predicted molar refractivity (Wildman–Crippen MR) is 66.1 cm³/mol. The number of alkyl halides is 1. The summed E-state index contributed by atoms with van der Waals surface area (Å²) < 4.78 is 0. The lowest BCUT2D eigenvalue weighted by Crippen LogP contribution is -1.99. The van der Waals surface area contributed by atoms with Gasteiger partial charge in [0.1, 0.15) is 0 Å². The van der Waals surface area contributed by atoms with Gasteiger partial charge in [-0.1, -0.05) is 30.3 Å². The van der Waals surface area contributed by atoms with Crippen LogP contribution in [0.3, 0.4) is 0 Å². The van der Waals surface area contributed by atoms with E-state index in [4.69, 9.17) is 17.3 Å². The Labute approximate surface area is 94.9 Å². The Kier molecular flexibility index (Phi) is 2.94. The van der Waals surface area contributed by atoms with E-state index in [0.717, 1.165) is 11.1 Å². The van der Waals surface area contributed by atoms with Gasteiger partial charge in [-0.3, -0.25) is 0 Å². The van der Waals surface area contributed by atoms with E-state index in [1.807, 2.05) is 19.1 Å². The van der Waals surface area contributed by atoms with Crippen molar-refractivity contribution in [1.29, 1.82) is 0 Å². The number of nitrogens with two attached hydrogens (primary N) is 1. The first kappa shape index (κ1) is 10.5. The molecule has 0 heterocycles. The molecule has 2 aromatic carbocycles. The van der Waals surface area contributed by atoms with E-state index >= 15 is 0 Å². The van der Waals surface area contributed by atoms with Crippen LogP contribution in [0, 0.1) is 0 Å². The fourth-order valence-corrected chi connectivity index (χ4v) is 1.94. The van der Waals surface area contributed by atoms with Gasteiger partial charge in [-0.25, -0.2) is 0 Å². The Balaban J connectivity index is 2.71. The lowest BCUT2D eigenvalue weighted by atomic mass is 9.99. The highest BCUT2D eigenvalue weighted by molar-refractivity contribution is 6.20. The molecule has 1 unspecified atom stereocenters. The second kappa shape index (κ2) is 4.21. The van der Waals surface area contributed by atoms with Gasteiger partial charge in [-0.05, 0) is 34.9 Å². The standard InChI is InChI=1S/C13H14ClN/c1-9(14)11-6-10-4-2-3-5-13(10)12(7-11)8-15/h2-7,9H,8,15H2,1H3. The van der Waals surface area contributed by atoms with Crippen LogP contribution in [0.1, 0.15) is 23.4 Å². The molecule has 0 aliphatic heterocycles. The van der Waals surface area contributed by atoms with Gasteiger partial charge in [-0.15, -0.1) is 11.6 Å². The summed E-state index contributed by atoms with van der Waals surface area (Å²) in [6, 6.07) is 12.5. The third-order valence-corrected chi connectivity index (χ3v) is 2.90. The van der Waals surface area contributed by atoms with Gasteiger partial charge in [0.2, 0.25) is 0 Å². The van der Waals surface area contributed by atoms with E-state index in [1.54, 1.807) is 0 Å². The predicted octanol–water partition coefficient (Wildman–Crippen LogP) is 3.60. The largest absolute Gasteiger partial charge is 0.326 e. The van der Waals surface area contributed by atoms with Gasteiger partial charge in [0.25, 0.3) is 0 Å². The number of hydrogen-bond donors (Lipinski definition) is 1. The Bertz CT molecular complexity index is 477. The third kappa shape index (κ3) is 1.99. The lowest BCUT2D eigenvalue weighted by Gasteiger charge is -2.10. The van der Waals surface area contributed by atoms with Gasteiger partial charge in [0.05, 0.1) is 5.38 Å². The molecule has 0 saturated heterocycles. The van der Waals surface area contributed by atoms with Crippen molar-refractivity contribution < 1.29 is 0 Å². The van der Waals surface area contributed by atoms with Crippen molar-refractivity contribution >= 4 is 22.4 Å². The highest BCUT2D eigenvalue weighted by Crippen LogP contribution is 2.27. The van der Waals surface area contributed by atoms with Crippen LogP contribution in [0.15, 0.2) is 36.4 Å². The number of hydrogen-bond acceptors (Lipinski definition) is 1. The molecule has 0 aromatic heterocycles. The number of fused-ring (bicyclic) bond motifs is 1. The van der Waals surface area contributed by atoms with Crippen LogP contribution < -0.4 is 5.73 Å². The highest BCUT2D eigenvalue weighted by Gasteiger charge is 2.06. The second-order valence-corrected chi connectivity index (χ2v) is 4.38. The van der Waals surface area contributed by atoms with E-state index in [1.165, 1.54) is 10.8 Å². The van der Waals surface area contributed by atoms with Gasteiger partial charge in [0, 0.05) is 6.54 Å². The minimum absolute atomic E-state index is 0.0277. The fraction of sp³-hybridized carbons (Fsp3) is 0.231. The normalized spacial score (nSPS) is 13.0. The number of benzene rings is 2. The van der Waals surface area contributed by atoms with Crippen LogP contribution >= 0.6 is 11.6 Å². The first-order valence-corrected chi connectivity index (χ1v) is 5.51. The first-order valence-electron chi connectivity index (χ1n) is 5.08. The van der Waals surface area contributed by atoms with Crippen molar-refractivity contribution in [2.24, 2.45) is 5.73 Å². The molecule has 2 aromatic rings. The van der Waals surface area contributed by atoms with E-state index in [-0.39, 0.29) is 5.38 Å². The molecule has 15 heavy (non-hydrogen) atoms. The molecule has 78 valence electrons. The van der Waals surface area contributed by atoms with Gasteiger partial charge in [-0.2, -0.15) is 0 Å². The Morgan fingerprint density at radius 1 is 1.27 bits per heavy atom. The van der Waals surface area contributed by atoms with Crippen molar-refractivity contribution in [1.82, 2.24) is 0 Å².